The molecule has 0 spiro atoms. The maximum absolute atomic E-state index is 11.9. The minimum Gasteiger partial charge on any atom is -0.436 e. The molecule has 1 aliphatic rings. The van der Waals surface area contributed by atoms with Crippen LogP contribution in [0.4, 0.5) is 0 Å². The van der Waals surface area contributed by atoms with E-state index in [0.717, 1.165) is 19.5 Å². The first-order valence-electron chi connectivity index (χ1n) is 6.59. The predicted molar refractivity (Wildman–Crippen MR) is 75.8 cm³/mol. The second-order valence-corrected chi connectivity index (χ2v) is 4.90. The molecule has 0 radical (unpaired) electrons. The zero-order valence-corrected chi connectivity index (χ0v) is 12.3. The summed E-state index contributed by atoms with van der Waals surface area (Å²) >= 11 is 0. The van der Waals surface area contributed by atoms with E-state index < -0.39 is 0 Å². The standard InChI is InChI=1S/C13H21N3O2.ClH/c1-9-12(18-10(2)16-9)13(17)15-7-5-11-4-3-6-14-8-11;/h11,14H,3-8H2,1-2H3,(H,15,17);1H. The van der Waals surface area contributed by atoms with Gasteiger partial charge in [-0.05, 0) is 45.2 Å². The van der Waals surface area contributed by atoms with Crippen LogP contribution in [0.1, 0.15) is 41.4 Å². The van der Waals surface area contributed by atoms with E-state index in [1.807, 2.05) is 0 Å². The average Bonchev–Trinajstić information content (AvgIpc) is 2.70. The second kappa shape index (κ2) is 7.50. The van der Waals surface area contributed by atoms with Gasteiger partial charge in [-0.15, -0.1) is 12.4 Å². The Bertz CT molecular complexity index is 414. The Morgan fingerprint density at radius 1 is 1.53 bits per heavy atom. The topological polar surface area (TPSA) is 67.2 Å². The normalized spacial score (nSPS) is 18.7. The van der Waals surface area contributed by atoms with Gasteiger partial charge in [0.2, 0.25) is 5.76 Å². The number of nitrogens with zero attached hydrogens (tertiary/aromatic N) is 1. The lowest BCUT2D eigenvalue weighted by Crippen LogP contribution is -2.33. The van der Waals surface area contributed by atoms with Gasteiger partial charge in [-0.25, -0.2) is 4.98 Å². The van der Waals surface area contributed by atoms with Crippen LogP contribution >= 0.6 is 12.4 Å². The average molecular weight is 288 g/mol. The highest BCUT2D eigenvalue weighted by Gasteiger charge is 2.17. The number of hydrogen-bond donors (Lipinski definition) is 2. The van der Waals surface area contributed by atoms with Gasteiger partial charge in [-0.2, -0.15) is 0 Å². The van der Waals surface area contributed by atoms with Gasteiger partial charge in [-0.3, -0.25) is 4.79 Å². The molecule has 19 heavy (non-hydrogen) atoms. The molecule has 1 fully saturated rings. The van der Waals surface area contributed by atoms with Gasteiger partial charge in [0, 0.05) is 13.5 Å². The largest absolute Gasteiger partial charge is 0.436 e. The summed E-state index contributed by atoms with van der Waals surface area (Å²) in [5.74, 6) is 1.40. The third kappa shape index (κ3) is 4.51. The predicted octanol–water partition coefficient (Wildman–Crippen LogP) is 1.83. The summed E-state index contributed by atoms with van der Waals surface area (Å²) in [4.78, 5) is 16.0. The number of oxazole rings is 1. The highest BCUT2D eigenvalue weighted by atomic mass is 35.5. The Labute approximate surface area is 120 Å². The molecule has 2 rings (SSSR count). The SMILES string of the molecule is Cc1nc(C)c(C(=O)NCCC2CCCNC2)o1.Cl. The third-order valence-electron chi connectivity index (χ3n) is 3.35. The van der Waals surface area contributed by atoms with Crippen molar-refractivity contribution in [1.29, 1.82) is 0 Å². The van der Waals surface area contributed by atoms with E-state index in [0.29, 0.717) is 29.8 Å². The number of piperidine rings is 1. The van der Waals surface area contributed by atoms with Gasteiger partial charge in [0.05, 0.1) is 5.69 Å². The smallest absolute Gasteiger partial charge is 0.289 e. The summed E-state index contributed by atoms with van der Waals surface area (Å²) < 4.78 is 5.28. The Hall–Kier alpha value is -1.07. The van der Waals surface area contributed by atoms with Gasteiger partial charge < -0.3 is 15.1 Å². The van der Waals surface area contributed by atoms with Crippen LogP contribution < -0.4 is 10.6 Å². The van der Waals surface area contributed by atoms with Gasteiger partial charge >= 0.3 is 0 Å². The first-order valence-corrected chi connectivity index (χ1v) is 6.59. The molecule has 108 valence electrons. The number of carbonyl (C=O) groups excluding carboxylic acids is 1. The molecule has 1 aromatic rings. The fraction of sp³-hybridized carbons (Fsp3) is 0.692. The highest BCUT2D eigenvalue weighted by molar-refractivity contribution is 5.92. The van der Waals surface area contributed by atoms with Crippen molar-refractivity contribution in [3.05, 3.63) is 17.3 Å². The molecule has 0 aromatic carbocycles. The first kappa shape index (κ1) is 16.0. The van der Waals surface area contributed by atoms with Crippen molar-refractivity contribution >= 4 is 18.3 Å². The Balaban J connectivity index is 0.00000180. The lowest BCUT2D eigenvalue weighted by atomic mass is 9.96. The third-order valence-corrected chi connectivity index (χ3v) is 3.35. The molecule has 1 amide bonds. The number of carbonyl (C=O) groups is 1. The number of rotatable bonds is 4. The molecule has 1 saturated heterocycles. The molecule has 1 atom stereocenters. The van der Waals surface area contributed by atoms with E-state index in [1.54, 1.807) is 13.8 Å². The number of nitrogens with one attached hydrogen (secondary N) is 2. The fourth-order valence-electron chi connectivity index (χ4n) is 2.38. The van der Waals surface area contributed by atoms with E-state index in [4.69, 9.17) is 4.42 Å². The molecule has 1 unspecified atom stereocenters. The Morgan fingerprint density at radius 3 is 2.89 bits per heavy atom. The van der Waals surface area contributed by atoms with Crippen molar-refractivity contribution in [2.24, 2.45) is 5.92 Å². The summed E-state index contributed by atoms with van der Waals surface area (Å²) in [7, 11) is 0. The van der Waals surface area contributed by atoms with E-state index in [9.17, 15) is 4.79 Å². The number of halogens is 1. The van der Waals surface area contributed by atoms with Crippen LogP contribution in [0.2, 0.25) is 0 Å². The molecular weight excluding hydrogens is 266 g/mol. The Morgan fingerprint density at radius 2 is 2.32 bits per heavy atom. The molecule has 0 aliphatic carbocycles. The van der Waals surface area contributed by atoms with Crippen LogP contribution in [0, 0.1) is 19.8 Å². The monoisotopic (exact) mass is 287 g/mol. The number of hydrogen-bond acceptors (Lipinski definition) is 4. The quantitative estimate of drug-likeness (QED) is 0.887. The van der Waals surface area contributed by atoms with E-state index in [2.05, 4.69) is 15.6 Å². The lowest BCUT2D eigenvalue weighted by molar-refractivity contribution is 0.0920. The molecule has 2 heterocycles. The van der Waals surface area contributed by atoms with Crippen LogP contribution in [0.25, 0.3) is 0 Å². The van der Waals surface area contributed by atoms with Crippen LogP contribution in [0.15, 0.2) is 4.42 Å². The molecule has 2 N–H and O–H groups in total. The van der Waals surface area contributed by atoms with Crippen LogP contribution in [-0.4, -0.2) is 30.5 Å². The highest BCUT2D eigenvalue weighted by Crippen LogP contribution is 2.13. The maximum atomic E-state index is 11.9. The molecule has 6 heteroatoms. The minimum absolute atomic E-state index is 0. The van der Waals surface area contributed by atoms with Gasteiger partial charge in [0.15, 0.2) is 5.89 Å². The second-order valence-electron chi connectivity index (χ2n) is 4.90. The summed E-state index contributed by atoms with van der Waals surface area (Å²) in [5.41, 5.74) is 0.657. The number of aryl methyl sites for hydroxylation is 2. The zero-order chi connectivity index (χ0) is 13.0. The van der Waals surface area contributed by atoms with E-state index in [-0.39, 0.29) is 18.3 Å². The molecule has 0 bridgehead atoms. The van der Waals surface area contributed by atoms with Crippen LogP contribution in [0.5, 0.6) is 0 Å². The van der Waals surface area contributed by atoms with Crippen molar-refractivity contribution in [1.82, 2.24) is 15.6 Å². The van der Waals surface area contributed by atoms with E-state index >= 15 is 0 Å². The van der Waals surface area contributed by atoms with Gasteiger partial charge in [0.25, 0.3) is 5.91 Å². The molecular formula is C13H22ClN3O2. The van der Waals surface area contributed by atoms with E-state index in [1.165, 1.54) is 12.8 Å². The van der Waals surface area contributed by atoms with Crippen molar-refractivity contribution in [3.63, 3.8) is 0 Å². The van der Waals surface area contributed by atoms with Gasteiger partial charge in [0.1, 0.15) is 0 Å². The molecule has 5 nitrogen and oxygen atoms in total. The fourth-order valence-corrected chi connectivity index (χ4v) is 2.38. The molecule has 1 aromatic heterocycles. The number of aromatic nitrogens is 1. The van der Waals surface area contributed by atoms with Crippen LogP contribution in [-0.2, 0) is 0 Å². The Kier molecular flexibility index (Phi) is 6.31. The minimum atomic E-state index is -0.156. The first-order chi connectivity index (χ1) is 8.66. The van der Waals surface area contributed by atoms with Crippen LogP contribution in [0.3, 0.4) is 0 Å². The summed E-state index contributed by atoms with van der Waals surface area (Å²) in [6, 6.07) is 0. The zero-order valence-electron chi connectivity index (χ0n) is 11.5. The van der Waals surface area contributed by atoms with Crippen molar-refractivity contribution in [2.75, 3.05) is 19.6 Å². The van der Waals surface area contributed by atoms with Crippen molar-refractivity contribution in [2.45, 2.75) is 33.1 Å². The summed E-state index contributed by atoms with van der Waals surface area (Å²) in [5, 5.41) is 6.28. The summed E-state index contributed by atoms with van der Waals surface area (Å²) in [6.07, 6.45) is 3.51. The number of amides is 1. The van der Waals surface area contributed by atoms with Gasteiger partial charge in [-0.1, -0.05) is 0 Å². The molecule has 1 aliphatic heterocycles. The maximum Gasteiger partial charge on any atom is 0.289 e. The van der Waals surface area contributed by atoms with Crippen molar-refractivity contribution < 1.29 is 9.21 Å². The summed E-state index contributed by atoms with van der Waals surface area (Å²) in [6.45, 7) is 6.42. The molecule has 0 saturated carbocycles. The van der Waals surface area contributed by atoms with Crippen molar-refractivity contribution in [3.8, 4) is 0 Å². The lowest BCUT2D eigenvalue weighted by Gasteiger charge is -2.22.